The lowest BCUT2D eigenvalue weighted by Gasteiger charge is -2.34. The second-order valence-corrected chi connectivity index (χ2v) is 11.4. The van der Waals surface area contributed by atoms with Gasteiger partial charge in [-0.1, -0.05) is 6.92 Å². The summed E-state index contributed by atoms with van der Waals surface area (Å²) in [6.07, 6.45) is 11.9. The highest BCUT2D eigenvalue weighted by Crippen LogP contribution is 2.93. The highest BCUT2D eigenvalue weighted by Gasteiger charge is 2.85. The van der Waals surface area contributed by atoms with Gasteiger partial charge < -0.3 is 15.4 Å². The lowest BCUT2D eigenvalue weighted by atomic mass is 9.97. The number of rotatable bonds is 7. The molecule has 1 aromatic heterocycles. The van der Waals surface area contributed by atoms with Crippen LogP contribution in [-0.4, -0.2) is 35.8 Å². The normalized spacial score (nSPS) is 30.5. The number of amides is 1. The lowest BCUT2D eigenvalue weighted by molar-refractivity contribution is 0.0624. The molecule has 3 aliphatic carbocycles. The molecule has 172 valence electrons. The number of hydrazine groups is 1. The molecule has 1 saturated heterocycles. The standard InChI is InChI=1S/C25H35N5O2/c1-16-14-23(2,3)29(15-16)22-17(21(26)31)4-5-19(27-22)30-12-6-20(28-30)32-13-7-18-24(8-9-24)25(18)10-11-25/h4-6,12,16,18,20,28H,7-11,13-15H2,1-3H3,(H2,26,31). The Hall–Kier alpha value is -2.12. The van der Waals surface area contributed by atoms with Gasteiger partial charge in [0.2, 0.25) is 0 Å². The first-order valence-corrected chi connectivity index (χ1v) is 12.2. The third-order valence-corrected chi connectivity index (χ3v) is 8.90. The van der Waals surface area contributed by atoms with Crippen LogP contribution in [0.1, 0.15) is 69.7 Å². The van der Waals surface area contributed by atoms with Gasteiger partial charge in [0.05, 0.1) is 5.56 Å². The molecular weight excluding hydrogens is 402 g/mol. The average molecular weight is 438 g/mol. The number of primary amides is 1. The molecule has 6 rings (SSSR count). The summed E-state index contributed by atoms with van der Waals surface area (Å²) in [5, 5.41) is 1.88. The highest BCUT2D eigenvalue weighted by molar-refractivity contribution is 5.98. The third-order valence-electron chi connectivity index (χ3n) is 8.90. The molecule has 1 aromatic rings. The Morgan fingerprint density at radius 1 is 1.25 bits per heavy atom. The number of fused-ring (bicyclic) bond motifs is 1. The zero-order valence-corrected chi connectivity index (χ0v) is 19.4. The largest absolute Gasteiger partial charge is 0.365 e. The molecule has 7 heteroatoms. The van der Waals surface area contributed by atoms with Crippen molar-refractivity contribution in [1.29, 1.82) is 0 Å². The zero-order chi connectivity index (χ0) is 22.3. The molecule has 2 spiro atoms. The van der Waals surface area contributed by atoms with E-state index in [0.29, 0.717) is 17.3 Å². The minimum absolute atomic E-state index is 0.0736. The first-order chi connectivity index (χ1) is 15.3. The topological polar surface area (TPSA) is 83.7 Å². The van der Waals surface area contributed by atoms with Crippen molar-refractivity contribution in [3.63, 3.8) is 0 Å². The summed E-state index contributed by atoms with van der Waals surface area (Å²) < 4.78 is 6.13. The Morgan fingerprint density at radius 3 is 2.56 bits per heavy atom. The van der Waals surface area contributed by atoms with Gasteiger partial charge in [-0.3, -0.25) is 9.80 Å². The lowest BCUT2D eigenvalue weighted by Crippen LogP contribution is -2.41. The summed E-state index contributed by atoms with van der Waals surface area (Å²) in [5.41, 5.74) is 10.9. The summed E-state index contributed by atoms with van der Waals surface area (Å²) >= 11 is 0. The van der Waals surface area contributed by atoms with Crippen molar-refractivity contribution in [2.24, 2.45) is 28.4 Å². The van der Waals surface area contributed by atoms with E-state index in [1.807, 2.05) is 23.4 Å². The fourth-order valence-corrected chi connectivity index (χ4v) is 7.22. The number of nitrogens with zero attached hydrogens (tertiary/aromatic N) is 3. The van der Waals surface area contributed by atoms with Crippen LogP contribution in [0, 0.1) is 22.7 Å². The number of aromatic nitrogens is 1. The molecular formula is C25H35N5O2. The first kappa shape index (κ1) is 20.5. The van der Waals surface area contributed by atoms with Crippen LogP contribution in [0.15, 0.2) is 24.4 Å². The number of carbonyl (C=O) groups excluding carboxylic acids is 1. The molecule has 5 aliphatic rings. The van der Waals surface area contributed by atoms with E-state index in [0.717, 1.165) is 42.1 Å². The first-order valence-electron chi connectivity index (χ1n) is 12.2. The number of ether oxygens (including phenoxy) is 1. The van der Waals surface area contributed by atoms with E-state index in [2.05, 4.69) is 31.1 Å². The molecule has 1 amide bonds. The van der Waals surface area contributed by atoms with Gasteiger partial charge in [0, 0.05) is 24.9 Å². The van der Waals surface area contributed by atoms with Crippen molar-refractivity contribution >= 4 is 17.5 Å². The van der Waals surface area contributed by atoms with Crippen LogP contribution in [0.25, 0.3) is 0 Å². The van der Waals surface area contributed by atoms with Gasteiger partial charge in [-0.05, 0) is 93.2 Å². The maximum atomic E-state index is 12.1. The Balaban J connectivity index is 1.12. The maximum Gasteiger partial charge on any atom is 0.252 e. The van der Waals surface area contributed by atoms with Crippen LogP contribution < -0.4 is 21.1 Å². The molecule has 0 aromatic carbocycles. The SMILES string of the molecule is CC1CN(c2nc(N3C=CC(OCCC4C5(CC5)C45CC5)N3)ccc2C(N)=O)C(C)(C)C1. The van der Waals surface area contributed by atoms with Crippen LogP contribution in [-0.2, 0) is 4.74 Å². The van der Waals surface area contributed by atoms with E-state index in [1.165, 1.54) is 32.1 Å². The number of pyridine rings is 1. The van der Waals surface area contributed by atoms with Crippen molar-refractivity contribution in [1.82, 2.24) is 10.4 Å². The number of hydrogen-bond donors (Lipinski definition) is 2. The summed E-state index contributed by atoms with van der Waals surface area (Å²) in [6, 6.07) is 3.63. The van der Waals surface area contributed by atoms with Crippen LogP contribution >= 0.6 is 0 Å². The van der Waals surface area contributed by atoms with Gasteiger partial charge in [-0.15, -0.1) is 0 Å². The van der Waals surface area contributed by atoms with E-state index < -0.39 is 5.91 Å². The predicted molar refractivity (Wildman–Crippen MR) is 124 cm³/mol. The summed E-state index contributed by atoms with van der Waals surface area (Å²) in [4.78, 5) is 19.2. The van der Waals surface area contributed by atoms with Gasteiger partial charge >= 0.3 is 0 Å². The van der Waals surface area contributed by atoms with Crippen molar-refractivity contribution in [3.8, 4) is 0 Å². The van der Waals surface area contributed by atoms with Crippen LogP contribution in [0.4, 0.5) is 11.6 Å². The second-order valence-electron chi connectivity index (χ2n) is 11.4. The van der Waals surface area contributed by atoms with Crippen molar-refractivity contribution in [2.75, 3.05) is 23.1 Å². The molecule has 2 unspecified atom stereocenters. The molecule has 0 radical (unpaired) electrons. The van der Waals surface area contributed by atoms with Crippen LogP contribution in [0.5, 0.6) is 0 Å². The van der Waals surface area contributed by atoms with Crippen molar-refractivity contribution in [3.05, 3.63) is 30.0 Å². The van der Waals surface area contributed by atoms with Gasteiger partial charge in [0.15, 0.2) is 0 Å². The smallest absolute Gasteiger partial charge is 0.252 e. The van der Waals surface area contributed by atoms with Gasteiger partial charge in [-0.25, -0.2) is 4.98 Å². The number of anilines is 2. The molecule has 4 fully saturated rings. The fraction of sp³-hybridized carbons (Fsp3) is 0.680. The second kappa shape index (κ2) is 6.70. The minimum atomic E-state index is -0.442. The van der Waals surface area contributed by atoms with Gasteiger partial charge in [0.25, 0.3) is 5.91 Å². The summed E-state index contributed by atoms with van der Waals surface area (Å²) in [6.45, 7) is 8.29. The fourth-order valence-electron chi connectivity index (χ4n) is 7.22. The molecule has 0 bridgehead atoms. The Labute approximate surface area is 190 Å². The summed E-state index contributed by atoms with van der Waals surface area (Å²) in [5.74, 6) is 2.41. The number of carbonyl (C=O) groups is 1. The molecule has 3 saturated carbocycles. The van der Waals surface area contributed by atoms with E-state index in [-0.39, 0.29) is 11.8 Å². The molecule has 3 heterocycles. The monoisotopic (exact) mass is 437 g/mol. The van der Waals surface area contributed by atoms with Crippen LogP contribution in [0.3, 0.4) is 0 Å². The van der Waals surface area contributed by atoms with E-state index in [1.54, 1.807) is 6.07 Å². The number of nitrogens with one attached hydrogen (secondary N) is 1. The summed E-state index contributed by atoms with van der Waals surface area (Å²) in [7, 11) is 0. The maximum absolute atomic E-state index is 12.1. The van der Waals surface area contributed by atoms with Crippen LogP contribution in [0.2, 0.25) is 0 Å². The molecule has 2 atom stereocenters. The van der Waals surface area contributed by atoms with E-state index in [4.69, 9.17) is 15.5 Å². The number of hydrogen-bond acceptors (Lipinski definition) is 6. The third kappa shape index (κ3) is 3.00. The molecule has 3 N–H and O–H groups in total. The Bertz CT molecular complexity index is 963. The van der Waals surface area contributed by atoms with Gasteiger partial charge in [0.1, 0.15) is 17.9 Å². The molecule has 32 heavy (non-hydrogen) atoms. The number of nitrogens with two attached hydrogens (primary N) is 1. The van der Waals surface area contributed by atoms with Crippen molar-refractivity contribution in [2.45, 2.75) is 71.1 Å². The molecule has 7 nitrogen and oxygen atoms in total. The predicted octanol–water partition coefficient (Wildman–Crippen LogP) is 3.57. The zero-order valence-electron chi connectivity index (χ0n) is 19.4. The highest BCUT2D eigenvalue weighted by atomic mass is 16.5. The Kier molecular flexibility index (Phi) is 4.29. The van der Waals surface area contributed by atoms with Gasteiger partial charge in [-0.2, -0.15) is 5.43 Å². The minimum Gasteiger partial charge on any atom is -0.365 e. The van der Waals surface area contributed by atoms with Crippen molar-refractivity contribution < 1.29 is 9.53 Å². The quantitative estimate of drug-likeness (QED) is 0.679. The van der Waals surface area contributed by atoms with E-state index in [9.17, 15) is 4.79 Å². The molecule has 2 aliphatic heterocycles. The van der Waals surface area contributed by atoms with E-state index >= 15 is 0 Å². The average Bonchev–Trinajstić information content (AvgIpc) is 3.68. The Morgan fingerprint density at radius 2 is 1.97 bits per heavy atom.